The van der Waals surface area contributed by atoms with Crippen molar-refractivity contribution in [3.05, 3.63) is 29.8 Å². The fourth-order valence-corrected chi connectivity index (χ4v) is 4.62. The van der Waals surface area contributed by atoms with Gasteiger partial charge in [0.25, 0.3) is 0 Å². The van der Waals surface area contributed by atoms with Gasteiger partial charge in [0, 0.05) is 11.3 Å². The molecule has 5 heteroatoms. The quantitative estimate of drug-likeness (QED) is 0.757. The van der Waals surface area contributed by atoms with Crippen molar-refractivity contribution >= 4 is 34.4 Å². The highest BCUT2D eigenvalue weighted by molar-refractivity contribution is 7.99. The molecule has 0 saturated heterocycles. The third kappa shape index (κ3) is 2.44. The van der Waals surface area contributed by atoms with Gasteiger partial charge in [-0.05, 0) is 36.8 Å². The van der Waals surface area contributed by atoms with Gasteiger partial charge in [-0.1, -0.05) is 13.3 Å². The first kappa shape index (κ1) is 14.2. The lowest BCUT2D eigenvalue weighted by atomic mass is 10.2. The van der Waals surface area contributed by atoms with Crippen LogP contribution < -0.4 is 0 Å². The van der Waals surface area contributed by atoms with E-state index in [0.29, 0.717) is 17.2 Å². The van der Waals surface area contributed by atoms with Gasteiger partial charge in [0.05, 0.1) is 16.9 Å². The van der Waals surface area contributed by atoms with Crippen molar-refractivity contribution in [2.75, 3.05) is 5.75 Å². The Morgan fingerprint density at radius 2 is 2.30 bits per heavy atom. The van der Waals surface area contributed by atoms with Crippen LogP contribution in [0.1, 0.15) is 38.1 Å². The highest BCUT2D eigenvalue weighted by Crippen LogP contribution is 2.41. The van der Waals surface area contributed by atoms with Gasteiger partial charge in [-0.3, -0.25) is 0 Å². The van der Waals surface area contributed by atoms with Gasteiger partial charge in [-0.25, -0.2) is 9.37 Å². The van der Waals surface area contributed by atoms with Crippen LogP contribution in [-0.4, -0.2) is 20.6 Å². The van der Waals surface area contributed by atoms with Crippen LogP contribution in [0.25, 0.3) is 11.0 Å². The molecule has 2 nitrogen and oxygen atoms in total. The molecule has 2 aromatic rings. The number of hydrogen-bond donors (Lipinski definition) is 0. The first-order valence-electron chi connectivity index (χ1n) is 7.08. The highest BCUT2D eigenvalue weighted by atomic mass is 35.5. The fourth-order valence-electron chi connectivity index (χ4n) is 3.19. The lowest BCUT2D eigenvalue weighted by Gasteiger charge is -2.22. The van der Waals surface area contributed by atoms with E-state index in [0.717, 1.165) is 29.0 Å². The largest absolute Gasteiger partial charge is 0.323 e. The van der Waals surface area contributed by atoms with Crippen LogP contribution in [0.5, 0.6) is 0 Å². The molecule has 108 valence electrons. The number of hydrogen-bond acceptors (Lipinski definition) is 2. The van der Waals surface area contributed by atoms with E-state index in [-0.39, 0.29) is 5.82 Å². The minimum Gasteiger partial charge on any atom is -0.323 e. The van der Waals surface area contributed by atoms with E-state index in [1.54, 1.807) is 12.1 Å². The maximum absolute atomic E-state index is 13.6. The van der Waals surface area contributed by atoms with Crippen LogP contribution in [0.3, 0.4) is 0 Å². The van der Waals surface area contributed by atoms with Crippen molar-refractivity contribution in [2.45, 2.75) is 43.4 Å². The third-order valence-electron chi connectivity index (χ3n) is 3.97. The summed E-state index contributed by atoms with van der Waals surface area (Å²) in [5.41, 5.74) is 1.73. The van der Waals surface area contributed by atoms with Gasteiger partial charge < -0.3 is 4.57 Å². The molecule has 0 radical (unpaired) electrons. The minimum absolute atomic E-state index is 0.211. The topological polar surface area (TPSA) is 17.8 Å². The number of aromatic nitrogens is 2. The van der Waals surface area contributed by atoms with Gasteiger partial charge in [-0.2, -0.15) is 11.8 Å². The Kier molecular flexibility index (Phi) is 4.22. The van der Waals surface area contributed by atoms with Crippen molar-refractivity contribution < 1.29 is 4.39 Å². The lowest BCUT2D eigenvalue weighted by molar-refractivity contribution is 0.526. The van der Waals surface area contributed by atoms with Gasteiger partial charge in [0.15, 0.2) is 0 Å². The number of rotatable bonds is 4. The number of halogens is 2. The van der Waals surface area contributed by atoms with Crippen LogP contribution >= 0.6 is 23.4 Å². The van der Waals surface area contributed by atoms with E-state index in [1.807, 2.05) is 11.8 Å². The molecular weight excluding hydrogens is 295 g/mol. The summed E-state index contributed by atoms with van der Waals surface area (Å²) in [6.07, 6.45) is 3.57. The zero-order valence-corrected chi connectivity index (χ0v) is 13.1. The highest BCUT2D eigenvalue weighted by Gasteiger charge is 2.31. The summed E-state index contributed by atoms with van der Waals surface area (Å²) in [7, 11) is 0. The Morgan fingerprint density at radius 3 is 3.05 bits per heavy atom. The standard InChI is InChI=1S/C15H18ClFN2S/c1-2-20-14-5-3-4-12(14)19-13-8-10(17)6-7-11(13)18-15(19)9-16/h6-8,12,14H,2-5,9H2,1H3. The van der Waals surface area contributed by atoms with Gasteiger partial charge in [0.1, 0.15) is 11.6 Å². The number of benzene rings is 1. The van der Waals surface area contributed by atoms with Crippen LogP contribution in [0.15, 0.2) is 18.2 Å². The van der Waals surface area contributed by atoms with Crippen LogP contribution in [-0.2, 0) is 5.88 Å². The van der Waals surface area contributed by atoms with Crippen molar-refractivity contribution in [1.29, 1.82) is 0 Å². The average Bonchev–Trinajstić information content (AvgIpc) is 3.02. The fraction of sp³-hybridized carbons (Fsp3) is 0.533. The molecule has 1 aliphatic rings. The predicted octanol–water partition coefficient (Wildman–Crippen LogP) is 4.76. The summed E-state index contributed by atoms with van der Waals surface area (Å²) >= 11 is 8.05. The molecule has 0 amide bonds. The first-order chi connectivity index (χ1) is 9.74. The zero-order valence-electron chi connectivity index (χ0n) is 11.5. The second-order valence-corrected chi connectivity index (χ2v) is 6.94. The van der Waals surface area contributed by atoms with Crippen LogP contribution in [0.4, 0.5) is 4.39 Å². The molecule has 2 unspecified atom stereocenters. The van der Waals surface area contributed by atoms with Gasteiger partial charge in [-0.15, -0.1) is 11.6 Å². The molecular formula is C15H18ClFN2S. The number of nitrogens with zero attached hydrogens (tertiary/aromatic N) is 2. The van der Waals surface area contributed by atoms with Crippen LogP contribution in [0.2, 0.25) is 0 Å². The zero-order chi connectivity index (χ0) is 14.1. The summed E-state index contributed by atoms with van der Waals surface area (Å²) in [5, 5.41) is 0.586. The van der Waals surface area contributed by atoms with E-state index in [2.05, 4.69) is 16.5 Å². The molecule has 1 heterocycles. The molecule has 3 rings (SSSR count). The molecule has 20 heavy (non-hydrogen) atoms. The van der Waals surface area contributed by atoms with E-state index < -0.39 is 0 Å². The summed E-state index contributed by atoms with van der Waals surface area (Å²) in [6.45, 7) is 2.19. The van der Waals surface area contributed by atoms with E-state index in [9.17, 15) is 4.39 Å². The summed E-state index contributed by atoms with van der Waals surface area (Å²) in [5.74, 6) is 2.13. The summed E-state index contributed by atoms with van der Waals surface area (Å²) in [6, 6.07) is 5.18. The minimum atomic E-state index is -0.211. The maximum Gasteiger partial charge on any atom is 0.125 e. The summed E-state index contributed by atoms with van der Waals surface area (Å²) in [4.78, 5) is 4.57. The monoisotopic (exact) mass is 312 g/mol. The van der Waals surface area contributed by atoms with E-state index >= 15 is 0 Å². The van der Waals surface area contributed by atoms with Crippen molar-refractivity contribution in [1.82, 2.24) is 9.55 Å². The van der Waals surface area contributed by atoms with Crippen molar-refractivity contribution in [3.8, 4) is 0 Å². The third-order valence-corrected chi connectivity index (χ3v) is 5.52. The molecule has 0 aliphatic heterocycles. The maximum atomic E-state index is 13.6. The lowest BCUT2D eigenvalue weighted by Crippen LogP contribution is -2.18. The molecule has 1 saturated carbocycles. The molecule has 0 bridgehead atoms. The van der Waals surface area contributed by atoms with Crippen LogP contribution in [0, 0.1) is 5.82 Å². The second kappa shape index (κ2) is 5.94. The molecule has 2 atom stereocenters. The Bertz CT molecular complexity index is 613. The molecule has 0 N–H and O–H groups in total. The SMILES string of the molecule is CCSC1CCCC1n1c(CCl)nc2ccc(F)cc21. The average molecular weight is 313 g/mol. The number of thioether (sulfide) groups is 1. The predicted molar refractivity (Wildman–Crippen MR) is 84.1 cm³/mol. The van der Waals surface area contributed by atoms with Gasteiger partial charge in [0.2, 0.25) is 0 Å². The molecule has 1 fully saturated rings. The molecule has 0 spiro atoms. The van der Waals surface area contributed by atoms with Crippen molar-refractivity contribution in [2.24, 2.45) is 0 Å². The smallest absolute Gasteiger partial charge is 0.125 e. The Balaban J connectivity index is 2.10. The Hall–Kier alpha value is -0.740. The van der Waals surface area contributed by atoms with E-state index in [4.69, 9.17) is 11.6 Å². The number of fused-ring (bicyclic) bond motifs is 1. The summed E-state index contributed by atoms with van der Waals surface area (Å²) < 4.78 is 15.8. The molecule has 1 aromatic heterocycles. The Morgan fingerprint density at radius 1 is 1.45 bits per heavy atom. The first-order valence-corrected chi connectivity index (χ1v) is 8.67. The number of alkyl halides is 1. The normalized spacial score (nSPS) is 22.8. The molecule has 1 aromatic carbocycles. The van der Waals surface area contributed by atoms with Gasteiger partial charge >= 0.3 is 0 Å². The number of imidazole rings is 1. The van der Waals surface area contributed by atoms with Crippen molar-refractivity contribution in [3.63, 3.8) is 0 Å². The second-order valence-electron chi connectivity index (χ2n) is 5.16. The van der Waals surface area contributed by atoms with E-state index in [1.165, 1.54) is 18.9 Å². The Labute approximate surface area is 127 Å². The molecule has 1 aliphatic carbocycles.